The van der Waals surface area contributed by atoms with Crippen LogP contribution in [0, 0.1) is 11.8 Å². The van der Waals surface area contributed by atoms with Crippen LogP contribution in [0.1, 0.15) is 12.8 Å². The van der Waals surface area contributed by atoms with Crippen molar-refractivity contribution in [1.29, 1.82) is 0 Å². The molecule has 2 fully saturated rings. The largest absolute Gasteiger partial charge is 0.465 e. The number of rotatable bonds is 3. The molecule has 0 aromatic heterocycles. The van der Waals surface area contributed by atoms with Gasteiger partial charge in [-0.2, -0.15) is 0 Å². The molecule has 2 rings (SSSR count). The predicted octanol–water partition coefficient (Wildman–Crippen LogP) is 0.159. The minimum atomic E-state index is -0.00403. The summed E-state index contributed by atoms with van der Waals surface area (Å²) in [5, 5.41) is 3.04. The summed E-state index contributed by atoms with van der Waals surface area (Å²) in [6.45, 7) is 2.28. The van der Waals surface area contributed by atoms with Crippen molar-refractivity contribution < 1.29 is 9.53 Å². The standard InChI is InChI=1S/C8H13NO2/c10-8(7-3-9-4-7)11-5-6-1-2-6/h6-7,9H,1-5H2. The summed E-state index contributed by atoms with van der Waals surface area (Å²) in [5.41, 5.74) is 0. The van der Waals surface area contributed by atoms with Gasteiger partial charge in [-0.25, -0.2) is 0 Å². The number of esters is 1. The molecule has 1 saturated heterocycles. The van der Waals surface area contributed by atoms with Crippen LogP contribution in [0.15, 0.2) is 0 Å². The maximum absolute atomic E-state index is 11.1. The Morgan fingerprint density at radius 2 is 2.18 bits per heavy atom. The van der Waals surface area contributed by atoms with Gasteiger partial charge in [0.05, 0.1) is 12.5 Å². The summed E-state index contributed by atoms with van der Waals surface area (Å²) < 4.78 is 5.09. The SMILES string of the molecule is O=C(OCC1CC1)C1CNC1. The van der Waals surface area contributed by atoms with E-state index >= 15 is 0 Å². The Morgan fingerprint density at radius 3 is 2.64 bits per heavy atom. The Balaban J connectivity index is 1.63. The van der Waals surface area contributed by atoms with Crippen LogP contribution in [0.25, 0.3) is 0 Å². The molecule has 1 heterocycles. The summed E-state index contributed by atoms with van der Waals surface area (Å²) in [5.74, 6) is 0.830. The van der Waals surface area contributed by atoms with Crippen molar-refractivity contribution in [1.82, 2.24) is 5.32 Å². The first-order valence-corrected chi connectivity index (χ1v) is 4.23. The van der Waals surface area contributed by atoms with E-state index < -0.39 is 0 Å². The van der Waals surface area contributed by atoms with Crippen LogP contribution in [0.5, 0.6) is 0 Å². The average molecular weight is 155 g/mol. The zero-order valence-corrected chi connectivity index (χ0v) is 6.51. The van der Waals surface area contributed by atoms with Crippen molar-refractivity contribution in [3.05, 3.63) is 0 Å². The van der Waals surface area contributed by atoms with Gasteiger partial charge in [0.1, 0.15) is 0 Å². The van der Waals surface area contributed by atoms with Crippen LogP contribution in [-0.4, -0.2) is 25.7 Å². The molecule has 0 spiro atoms. The van der Waals surface area contributed by atoms with Crippen LogP contribution in [0.4, 0.5) is 0 Å². The van der Waals surface area contributed by atoms with Gasteiger partial charge in [-0.15, -0.1) is 0 Å². The Morgan fingerprint density at radius 1 is 1.45 bits per heavy atom. The number of nitrogens with one attached hydrogen (secondary N) is 1. The minimum Gasteiger partial charge on any atom is -0.465 e. The number of carbonyl (C=O) groups is 1. The number of carbonyl (C=O) groups excluding carboxylic acids is 1. The lowest BCUT2D eigenvalue weighted by Crippen LogP contribution is -2.47. The van der Waals surface area contributed by atoms with Gasteiger partial charge >= 0.3 is 5.97 Å². The summed E-state index contributed by atoms with van der Waals surface area (Å²) in [4.78, 5) is 11.1. The minimum absolute atomic E-state index is 0.00403. The van der Waals surface area contributed by atoms with Crippen molar-refractivity contribution in [2.75, 3.05) is 19.7 Å². The van der Waals surface area contributed by atoms with E-state index in [1.807, 2.05) is 0 Å². The van der Waals surface area contributed by atoms with E-state index in [1.54, 1.807) is 0 Å². The van der Waals surface area contributed by atoms with E-state index in [2.05, 4.69) is 5.32 Å². The summed E-state index contributed by atoms with van der Waals surface area (Å²) in [7, 11) is 0. The molecule has 3 nitrogen and oxygen atoms in total. The molecule has 0 unspecified atom stereocenters. The van der Waals surface area contributed by atoms with Gasteiger partial charge in [0.15, 0.2) is 0 Å². The number of hydrogen-bond donors (Lipinski definition) is 1. The molecule has 1 N–H and O–H groups in total. The zero-order valence-electron chi connectivity index (χ0n) is 6.51. The Hall–Kier alpha value is -0.570. The van der Waals surface area contributed by atoms with Crippen molar-refractivity contribution in [3.63, 3.8) is 0 Å². The molecule has 0 radical (unpaired) electrons. The molecule has 3 heteroatoms. The predicted molar refractivity (Wildman–Crippen MR) is 40.0 cm³/mol. The Labute approximate surface area is 66.1 Å². The van der Waals surface area contributed by atoms with E-state index in [0.29, 0.717) is 12.5 Å². The summed E-state index contributed by atoms with van der Waals surface area (Å²) >= 11 is 0. The van der Waals surface area contributed by atoms with Crippen LogP contribution in [0.3, 0.4) is 0 Å². The molecule has 0 aromatic rings. The molecule has 0 amide bonds. The third-order valence-electron chi connectivity index (χ3n) is 2.27. The maximum Gasteiger partial charge on any atom is 0.311 e. The zero-order chi connectivity index (χ0) is 7.68. The van der Waals surface area contributed by atoms with Crippen LogP contribution < -0.4 is 5.32 Å². The van der Waals surface area contributed by atoms with Crippen LogP contribution in [0.2, 0.25) is 0 Å². The molecule has 1 aliphatic carbocycles. The van der Waals surface area contributed by atoms with Crippen LogP contribution in [-0.2, 0) is 9.53 Å². The Kier molecular flexibility index (Phi) is 1.82. The molecular weight excluding hydrogens is 142 g/mol. The van der Waals surface area contributed by atoms with Crippen molar-refractivity contribution in [2.24, 2.45) is 11.8 Å². The number of ether oxygens (including phenoxy) is 1. The molecule has 1 aliphatic heterocycles. The summed E-state index contributed by atoms with van der Waals surface area (Å²) in [6, 6.07) is 0. The van der Waals surface area contributed by atoms with E-state index in [-0.39, 0.29) is 11.9 Å². The highest BCUT2D eigenvalue weighted by Crippen LogP contribution is 2.29. The topological polar surface area (TPSA) is 38.3 Å². The van der Waals surface area contributed by atoms with Gasteiger partial charge < -0.3 is 10.1 Å². The van der Waals surface area contributed by atoms with Crippen molar-refractivity contribution >= 4 is 5.97 Å². The molecule has 0 atom stereocenters. The lowest BCUT2D eigenvalue weighted by atomic mass is 10.0. The lowest BCUT2D eigenvalue weighted by molar-refractivity contribution is -0.150. The van der Waals surface area contributed by atoms with E-state index in [0.717, 1.165) is 13.1 Å². The normalized spacial score (nSPS) is 24.4. The molecule has 1 saturated carbocycles. The van der Waals surface area contributed by atoms with E-state index in [4.69, 9.17) is 4.74 Å². The highest BCUT2D eigenvalue weighted by atomic mass is 16.5. The van der Waals surface area contributed by atoms with Gasteiger partial charge in [0, 0.05) is 13.1 Å². The fourth-order valence-electron chi connectivity index (χ4n) is 1.06. The van der Waals surface area contributed by atoms with Gasteiger partial charge in [0.25, 0.3) is 0 Å². The van der Waals surface area contributed by atoms with Gasteiger partial charge in [0.2, 0.25) is 0 Å². The lowest BCUT2D eigenvalue weighted by Gasteiger charge is -2.24. The molecular formula is C8H13NO2. The Bertz CT molecular complexity index is 161. The fourth-order valence-corrected chi connectivity index (χ4v) is 1.06. The first-order chi connectivity index (χ1) is 5.36. The second-order valence-electron chi connectivity index (χ2n) is 3.43. The monoisotopic (exact) mass is 155 g/mol. The van der Waals surface area contributed by atoms with Crippen LogP contribution >= 0.6 is 0 Å². The quantitative estimate of drug-likeness (QED) is 0.590. The summed E-state index contributed by atoms with van der Waals surface area (Å²) in [6.07, 6.45) is 2.49. The fraction of sp³-hybridized carbons (Fsp3) is 0.875. The maximum atomic E-state index is 11.1. The van der Waals surface area contributed by atoms with Gasteiger partial charge in [-0.1, -0.05) is 0 Å². The molecule has 0 aromatic carbocycles. The van der Waals surface area contributed by atoms with Gasteiger partial charge in [-0.3, -0.25) is 4.79 Å². The average Bonchev–Trinajstić information content (AvgIpc) is 2.61. The van der Waals surface area contributed by atoms with Crippen molar-refractivity contribution in [3.8, 4) is 0 Å². The first kappa shape index (κ1) is 7.10. The second kappa shape index (κ2) is 2.81. The highest BCUT2D eigenvalue weighted by Gasteiger charge is 2.29. The third kappa shape index (κ3) is 1.71. The van der Waals surface area contributed by atoms with Gasteiger partial charge in [-0.05, 0) is 18.8 Å². The number of hydrogen-bond acceptors (Lipinski definition) is 3. The molecule has 11 heavy (non-hydrogen) atoms. The molecule has 0 bridgehead atoms. The van der Waals surface area contributed by atoms with E-state index in [9.17, 15) is 4.79 Å². The smallest absolute Gasteiger partial charge is 0.311 e. The van der Waals surface area contributed by atoms with Crippen molar-refractivity contribution in [2.45, 2.75) is 12.8 Å². The third-order valence-corrected chi connectivity index (χ3v) is 2.27. The highest BCUT2D eigenvalue weighted by molar-refractivity contribution is 5.74. The first-order valence-electron chi connectivity index (χ1n) is 4.23. The van der Waals surface area contributed by atoms with E-state index in [1.165, 1.54) is 12.8 Å². The second-order valence-corrected chi connectivity index (χ2v) is 3.43. The molecule has 62 valence electrons. The molecule has 2 aliphatic rings.